The Labute approximate surface area is 190 Å². The zero-order valence-corrected chi connectivity index (χ0v) is 20.0. The van der Waals surface area contributed by atoms with Crippen LogP contribution in [0.5, 0.6) is 0 Å². The molecular weight excluding hydrogens is 482 g/mol. The Morgan fingerprint density at radius 1 is 1.41 bits per heavy atom. The first kappa shape index (κ1) is 23.6. The average Bonchev–Trinajstić information content (AvgIpc) is 3.30. The lowest BCUT2D eigenvalue weighted by Crippen LogP contribution is -2.40. The fraction of sp³-hybridized carbons (Fsp3) is 0.524. The van der Waals surface area contributed by atoms with E-state index in [2.05, 4.69) is 33.3 Å². The Morgan fingerprint density at radius 2 is 2.21 bits per heavy atom. The van der Waals surface area contributed by atoms with E-state index in [0.29, 0.717) is 12.5 Å². The van der Waals surface area contributed by atoms with Crippen molar-refractivity contribution in [1.82, 2.24) is 24.9 Å². The lowest BCUT2D eigenvalue weighted by Gasteiger charge is -2.26. The molecule has 0 saturated carbocycles. The van der Waals surface area contributed by atoms with Gasteiger partial charge >= 0.3 is 0 Å². The molecule has 1 aliphatic rings. The number of halogens is 2. The van der Waals surface area contributed by atoms with Gasteiger partial charge in [-0.3, -0.25) is 9.67 Å². The molecule has 0 spiro atoms. The van der Waals surface area contributed by atoms with Gasteiger partial charge in [-0.05, 0) is 50.7 Å². The number of nitrogens with one attached hydrogen (secondary N) is 1. The summed E-state index contributed by atoms with van der Waals surface area (Å²) in [5, 5.41) is 7.72. The maximum Gasteiger partial charge on any atom is 0.194 e. The second-order valence-electron chi connectivity index (χ2n) is 7.61. The average molecular weight is 514 g/mol. The topological polar surface area (TPSA) is 48.7 Å². The lowest BCUT2D eigenvalue weighted by molar-refractivity contribution is 0.304. The van der Waals surface area contributed by atoms with E-state index in [1.165, 1.54) is 11.6 Å². The summed E-state index contributed by atoms with van der Waals surface area (Å²) in [6.07, 6.45) is 5.16. The number of benzene rings is 1. The number of likely N-dealkylation sites (N-methyl/N-ethyl adjacent to an activating group) is 1. The van der Waals surface area contributed by atoms with Crippen molar-refractivity contribution in [2.24, 2.45) is 12.0 Å². The second-order valence-corrected chi connectivity index (χ2v) is 7.61. The highest BCUT2D eigenvalue weighted by Gasteiger charge is 2.27. The molecule has 1 aromatic heterocycles. The minimum Gasteiger partial charge on any atom is -0.357 e. The van der Waals surface area contributed by atoms with Gasteiger partial charge in [0.25, 0.3) is 0 Å². The van der Waals surface area contributed by atoms with Crippen molar-refractivity contribution in [1.29, 1.82) is 0 Å². The van der Waals surface area contributed by atoms with Crippen LogP contribution in [0.1, 0.15) is 36.4 Å². The van der Waals surface area contributed by atoms with Crippen molar-refractivity contribution in [2.75, 3.05) is 40.3 Å². The van der Waals surface area contributed by atoms with Crippen molar-refractivity contribution >= 4 is 29.9 Å². The van der Waals surface area contributed by atoms with Gasteiger partial charge < -0.3 is 15.1 Å². The van der Waals surface area contributed by atoms with Gasteiger partial charge in [-0.15, -0.1) is 24.0 Å². The number of nitrogens with zero attached hydrogens (tertiary/aromatic N) is 5. The standard InChI is InChI=1S/C21H31FN6.HI/c1-5-23-21(28-10-9-17(15-28)18-12-25-27(4)14-18)24-13-20(26(2)3)16-7-6-8-19(22)11-16;/h6-8,11-12,14,17,20H,5,9-10,13,15H2,1-4H3,(H,23,24);1H. The van der Waals surface area contributed by atoms with Gasteiger partial charge in [-0.2, -0.15) is 5.10 Å². The highest BCUT2D eigenvalue weighted by Crippen LogP contribution is 2.27. The Hall–Kier alpha value is -1.68. The Morgan fingerprint density at radius 3 is 2.83 bits per heavy atom. The van der Waals surface area contributed by atoms with Crippen LogP contribution in [-0.4, -0.2) is 65.8 Å². The van der Waals surface area contributed by atoms with Gasteiger partial charge in [0, 0.05) is 38.8 Å². The number of hydrogen-bond acceptors (Lipinski definition) is 3. The fourth-order valence-electron chi connectivity index (χ4n) is 3.76. The molecule has 1 fully saturated rings. The van der Waals surface area contributed by atoms with Gasteiger partial charge in [0.05, 0.1) is 18.8 Å². The van der Waals surface area contributed by atoms with Crippen molar-refractivity contribution in [3.05, 3.63) is 53.6 Å². The third kappa shape index (κ3) is 6.15. The normalized spacial score (nSPS) is 18.1. The molecule has 1 aliphatic heterocycles. The number of aliphatic imine (C=N–C) groups is 1. The third-order valence-corrected chi connectivity index (χ3v) is 5.29. The van der Waals surface area contributed by atoms with Gasteiger partial charge in [-0.25, -0.2) is 4.39 Å². The Balaban J connectivity index is 0.00000300. The predicted molar refractivity (Wildman–Crippen MR) is 126 cm³/mol. The van der Waals surface area contributed by atoms with Crippen molar-refractivity contribution in [3.8, 4) is 0 Å². The first-order valence-electron chi connectivity index (χ1n) is 9.91. The van der Waals surface area contributed by atoms with Gasteiger partial charge in [0.15, 0.2) is 5.96 Å². The number of hydrogen-bond donors (Lipinski definition) is 1. The maximum absolute atomic E-state index is 13.7. The molecule has 0 bridgehead atoms. The van der Waals surface area contributed by atoms with Crippen LogP contribution >= 0.6 is 24.0 Å². The molecule has 2 unspecified atom stereocenters. The third-order valence-electron chi connectivity index (χ3n) is 5.29. The largest absolute Gasteiger partial charge is 0.357 e. The first-order valence-corrected chi connectivity index (χ1v) is 9.91. The molecule has 2 atom stereocenters. The van der Waals surface area contributed by atoms with E-state index in [1.54, 1.807) is 12.1 Å². The summed E-state index contributed by atoms with van der Waals surface area (Å²) in [6, 6.07) is 6.83. The monoisotopic (exact) mass is 514 g/mol. The zero-order chi connectivity index (χ0) is 20.1. The Bertz CT molecular complexity index is 806. The van der Waals surface area contributed by atoms with E-state index >= 15 is 0 Å². The van der Waals surface area contributed by atoms with Crippen LogP contribution in [0.15, 0.2) is 41.7 Å². The predicted octanol–water partition coefficient (Wildman–Crippen LogP) is 3.23. The highest BCUT2D eigenvalue weighted by atomic mass is 127. The van der Waals surface area contributed by atoms with E-state index in [0.717, 1.165) is 37.6 Å². The summed E-state index contributed by atoms with van der Waals surface area (Å²) in [7, 11) is 5.97. The summed E-state index contributed by atoms with van der Waals surface area (Å²) in [5.74, 6) is 1.20. The Kier molecular flexibility index (Phi) is 8.88. The summed E-state index contributed by atoms with van der Waals surface area (Å²) >= 11 is 0. The maximum atomic E-state index is 13.7. The van der Waals surface area contributed by atoms with E-state index in [1.807, 2.05) is 38.1 Å². The zero-order valence-electron chi connectivity index (χ0n) is 17.7. The minimum atomic E-state index is -0.209. The van der Waals surface area contributed by atoms with E-state index < -0.39 is 0 Å². The summed E-state index contributed by atoms with van der Waals surface area (Å²) in [6.45, 7) is 5.38. The van der Waals surface area contributed by atoms with Crippen molar-refractivity contribution in [3.63, 3.8) is 0 Å². The van der Waals surface area contributed by atoms with Gasteiger partial charge in [0.2, 0.25) is 0 Å². The SMILES string of the molecule is CCNC(=NCC(c1cccc(F)c1)N(C)C)N1CCC(c2cnn(C)c2)C1.I. The van der Waals surface area contributed by atoms with Crippen LogP contribution in [0.2, 0.25) is 0 Å². The molecule has 8 heteroatoms. The summed E-state index contributed by atoms with van der Waals surface area (Å²) < 4.78 is 15.5. The number of guanidine groups is 1. The van der Waals surface area contributed by atoms with Crippen LogP contribution in [0.3, 0.4) is 0 Å². The number of likely N-dealkylation sites (tertiary alicyclic amines) is 1. The van der Waals surface area contributed by atoms with Crippen molar-refractivity contribution in [2.45, 2.75) is 25.3 Å². The lowest BCUT2D eigenvalue weighted by atomic mass is 10.0. The molecule has 1 aromatic carbocycles. The van der Waals surface area contributed by atoms with Crippen LogP contribution in [0, 0.1) is 5.82 Å². The number of aromatic nitrogens is 2. The molecule has 0 radical (unpaired) electrons. The van der Waals surface area contributed by atoms with Crippen LogP contribution < -0.4 is 5.32 Å². The van der Waals surface area contributed by atoms with Crippen LogP contribution in [-0.2, 0) is 7.05 Å². The van der Waals surface area contributed by atoms with E-state index in [4.69, 9.17) is 4.99 Å². The van der Waals surface area contributed by atoms with E-state index in [-0.39, 0.29) is 35.8 Å². The molecular formula is C21H32FIN6. The molecule has 0 aliphatic carbocycles. The molecule has 6 nitrogen and oxygen atoms in total. The molecule has 3 rings (SSSR count). The number of rotatable bonds is 6. The molecule has 1 saturated heterocycles. The van der Waals surface area contributed by atoms with Crippen LogP contribution in [0.4, 0.5) is 4.39 Å². The first-order chi connectivity index (χ1) is 13.5. The fourth-order valence-corrected chi connectivity index (χ4v) is 3.76. The van der Waals surface area contributed by atoms with Gasteiger partial charge in [-0.1, -0.05) is 12.1 Å². The van der Waals surface area contributed by atoms with Crippen molar-refractivity contribution < 1.29 is 4.39 Å². The number of aryl methyl sites for hydroxylation is 1. The molecule has 2 aromatic rings. The van der Waals surface area contributed by atoms with E-state index in [9.17, 15) is 4.39 Å². The molecule has 29 heavy (non-hydrogen) atoms. The molecule has 2 heterocycles. The van der Waals surface area contributed by atoms with Crippen LogP contribution in [0.25, 0.3) is 0 Å². The molecule has 0 amide bonds. The van der Waals surface area contributed by atoms with Gasteiger partial charge in [0.1, 0.15) is 5.82 Å². The minimum absolute atomic E-state index is 0. The smallest absolute Gasteiger partial charge is 0.194 e. The summed E-state index contributed by atoms with van der Waals surface area (Å²) in [4.78, 5) is 9.31. The quantitative estimate of drug-likeness (QED) is 0.366. The molecule has 1 N–H and O–H groups in total. The summed E-state index contributed by atoms with van der Waals surface area (Å²) in [5.41, 5.74) is 2.23. The second kappa shape index (κ2) is 10.9. The molecule has 160 valence electrons. The highest BCUT2D eigenvalue weighted by molar-refractivity contribution is 14.0.